The molecule has 0 saturated heterocycles. The molecule has 1 rings (SSSR count). The van der Waals surface area contributed by atoms with Crippen molar-refractivity contribution in [1.82, 2.24) is 5.09 Å². The molecule has 1 unspecified atom stereocenters. The first-order chi connectivity index (χ1) is 7.36. The van der Waals surface area contributed by atoms with Gasteiger partial charge in [-0.05, 0) is 18.8 Å². The number of hydrogen-bond donors (Lipinski definition) is 2. The van der Waals surface area contributed by atoms with E-state index in [-0.39, 0.29) is 6.61 Å². The molecule has 1 aromatic rings. The average molecular weight is 229 g/mol. The van der Waals surface area contributed by atoms with Crippen LogP contribution in [0.3, 0.4) is 0 Å². The van der Waals surface area contributed by atoms with Gasteiger partial charge in [0.15, 0.2) is 0 Å². The van der Waals surface area contributed by atoms with E-state index in [0.717, 1.165) is 5.75 Å². The zero-order valence-corrected chi connectivity index (χ0v) is 9.69. The van der Waals surface area contributed by atoms with Crippen LogP contribution < -0.4 is 14.6 Å². The highest BCUT2D eigenvalue weighted by atomic mass is 31.1. The first-order valence-corrected chi connectivity index (χ1v) is 6.23. The number of hydrogen-bond acceptors (Lipinski definition) is 4. The van der Waals surface area contributed by atoms with Crippen LogP contribution in [-0.2, 0) is 0 Å². The SMILES string of the molecule is CPNCOc1cccc(OCCO)c1. The van der Waals surface area contributed by atoms with Gasteiger partial charge in [0.2, 0.25) is 0 Å². The quantitative estimate of drug-likeness (QED) is 0.419. The van der Waals surface area contributed by atoms with Crippen molar-refractivity contribution in [3.8, 4) is 11.5 Å². The van der Waals surface area contributed by atoms with Gasteiger partial charge in [0, 0.05) is 6.07 Å². The van der Waals surface area contributed by atoms with Crippen LogP contribution in [0, 0.1) is 0 Å². The fourth-order valence-electron chi connectivity index (χ4n) is 1.01. The fourth-order valence-corrected chi connectivity index (χ4v) is 1.23. The molecule has 0 heterocycles. The summed E-state index contributed by atoms with van der Waals surface area (Å²) in [5.74, 6) is 1.47. The van der Waals surface area contributed by atoms with Gasteiger partial charge in [-0.25, -0.2) is 0 Å². The van der Waals surface area contributed by atoms with Crippen molar-refractivity contribution in [1.29, 1.82) is 0 Å². The van der Waals surface area contributed by atoms with E-state index >= 15 is 0 Å². The summed E-state index contributed by atoms with van der Waals surface area (Å²) >= 11 is 0. The third-order valence-corrected chi connectivity index (χ3v) is 2.15. The van der Waals surface area contributed by atoms with Gasteiger partial charge in [0.1, 0.15) is 24.8 Å². The van der Waals surface area contributed by atoms with Crippen LogP contribution in [-0.4, -0.2) is 31.7 Å². The third kappa shape index (κ3) is 4.98. The van der Waals surface area contributed by atoms with Gasteiger partial charge in [-0.2, -0.15) is 0 Å². The van der Waals surface area contributed by atoms with Gasteiger partial charge in [0.25, 0.3) is 0 Å². The molecule has 1 aromatic carbocycles. The Bertz CT molecular complexity index is 283. The van der Waals surface area contributed by atoms with E-state index in [0.29, 0.717) is 27.8 Å². The summed E-state index contributed by atoms with van der Waals surface area (Å²) in [4.78, 5) is 0. The molecule has 2 N–H and O–H groups in total. The first kappa shape index (κ1) is 12.2. The maximum Gasteiger partial charge on any atom is 0.142 e. The van der Waals surface area contributed by atoms with E-state index in [2.05, 4.69) is 5.09 Å². The van der Waals surface area contributed by atoms with Crippen molar-refractivity contribution in [3.05, 3.63) is 24.3 Å². The fraction of sp³-hybridized carbons (Fsp3) is 0.400. The molecule has 5 heteroatoms. The maximum absolute atomic E-state index is 8.60. The van der Waals surface area contributed by atoms with Crippen LogP contribution in [0.1, 0.15) is 0 Å². The Labute approximate surface area is 91.4 Å². The molecule has 0 fully saturated rings. The molecule has 1 atom stereocenters. The summed E-state index contributed by atoms with van der Waals surface area (Å²) in [5.41, 5.74) is 0. The summed E-state index contributed by atoms with van der Waals surface area (Å²) in [7, 11) is 0.668. The van der Waals surface area contributed by atoms with Gasteiger partial charge < -0.3 is 14.6 Å². The summed E-state index contributed by atoms with van der Waals surface area (Å²) in [6, 6.07) is 7.36. The molecule has 4 nitrogen and oxygen atoms in total. The monoisotopic (exact) mass is 229 g/mol. The van der Waals surface area contributed by atoms with E-state index < -0.39 is 0 Å². The number of ether oxygens (including phenoxy) is 2. The molecule has 0 aliphatic carbocycles. The molecule has 0 bridgehead atoms. The van der Waals surface area contributed by atoms with Crippen LogP contribution in [0.4, 0.5) is 0 Å². The predicted molar refractivity (Wildman–Crippen MR) is 61.9 cm³/mol. The molecule has 0 amide bonds. The molecule has 84 valence electrons. The van der Waals surface area contributed by atoms with Gasteiger partial charge in [-0.15, -0.1) is 0 Å². The second kappa shape index (κ2) is 7.46. The van der Waals surface area contributed by atoms with Gasteiger partial charge in [-0.1, -0.05) is 14.8 Å². The van der Waals surface area contributed by atoms with Crippen LogP contribution in [0.15, 0.2) is 24.3 Å². The number of benzene rings is 1. The lowest BCUT2D eigenvalue weighted by Crippen LogP contribution is -2.10. The summed E-state index contributed by atoms with van der Waals surface area (Å²) in [6.45, 7) is 2.87. The Balaban J connectivity index is 2.42. The van der Waals surface area contributed by atoms with Crippen molar-refractivity contribution in [2.24, 2.45) is 0 Å². The molecule has 0 aliphatic rings. The molecule has 0 aliphatic heterocycles. The zero-order chi connectivity index (χ0) is 10.9. The molecule has 15 heavy (non-hydrogen) atoms. The van der Waals surface area contributed by atoms with Crippen LogP contribution in [0.2, 0.25) is 0 Å². The Morgan fingerprint density at radius 2 is 2.07 bits per heavy atom. The molecule has 0 saturated carbocycles. The Morgan fingerprint density at radius 3 is 2.73 bits per heavy atom. The normalized spacial score (nSPS) is 10.8. The predicted octanol–water partition coefficient (Wildman–Crippen LogP) is 1.21. The highest BCUT2D eigenvalue weighted by Gasteiger charge is 1.96. The molecule has 0 spiro atoms. The summed E-state index contributed by atoms with van der Waals surface area (Å²) < 4.78 is 10.7. The lowest BCUT2D eigenvalue weighted by molar-refractivity contribution is 0.200. The summed E-state index contributed by atoms with van der Waals surface area (Å²) in [5, 5.41) is 11.7. The minimum absolute atomic E-state index is 0.0175. The Morgan fingerprint density at radius 1 is 1.33 bits per heavy atom. The molecular formula is C10H16NO3P. The van der Waals surface area contributed by atoms with Crippen molar-refractivity contribution < 1.29 is 14.6 Å². The molecular weight excluding hydrogens is 213 g/mol. The average Bonchev–Trinajstić information content (AvgIpc) is 2.27. The first-order valence-electron chi connectivity index (χ1n) is 4.73. The minimum Gasteiger partial charge on any atom is -0.491 e. The Kier molecular flexibility index (Phi) is 6.09. The van der Waals surface area contributed by atoms with Crippen LogP contribution in [0.25, 0.3) is 0 Å². The standard InChI is InChI=1S/C10H16NO3P/c1-15-11-8-14-10-4-2-3-9(7-10)13-6-5-12/h2-4,7,11-12,15H,5-6,8H2,1H3. The van der Waals surface area contributed by atoms with E-state index in [1.807, 2.05) is 24.9 Å². The lowest BCUT2D eigenvalue weighted by atomic mass is 10.3. The van der Waals surface area contributed by atoms with Crippen LogP contribution in [0.5, 0.6) is 11.5 Å². The smallest absolute Gasteiger partial charge is 0.142 e. The minimum atomic E-state index is 0.0175. The Hall–Kier alpha value is -0.830. The van der Waals surface area contributed by atoms with E-state index in [4.69, 9.17) is 14.6 Å². The maximum atomic E-state index is 8.60. The van der Waals surface area contributed by atoms with Crippen LogP contribution >= 0.6 is 8.73 Å². The van der Waals surface area contributed by atoms with E-state index in [1.54, 1.807) is 6.07 Å². The second-order valence-electron chi connectivity index (χ2n) is 2.76. The highest BCUT2D eigenvalue weighted by Crippen LogP contribution is 2.19. The number of rotatable bonds is 7. The zero-order valence-electron chi connectivity index (χ0n) is 8.69. The van der Waals surface area contributed by atoms with Crippen molar-refractivity contribution in [2.45, 2.75) is 0 Å². The number of nitrogens with one attached hydrogen (secondary N) is 1. The van der Waals surface area contributed by atoms with Gasteiger partial charge >= 0.3 is 0 Å². The number of aliphatic hydroxyl groups is 1. The van der Waals surface area contributed by atoms with Crippen molar-refractivity contribution in [3.63, 3.8) is 0 Å². The second-order valence-corrected chi connectivity index (χ2v) is 3.62. The largest absolute Gasteiger partial charge is 0.491 e. The lowest BCUT2D eigenvalue weighted by Gasteiger charge is -2.08. The third-order valence-electron chi connectivity index (χ3n) is 1.65. The van der Waals surface area contributed by atoms with Crippen molar-refractivity contribution >= 4 is 8.73 Å². The molecule has 0 aromatic heterocycles. The topological polar surface area (TPSA) is 50.7 Å². The molecule has 0 radical (unpaired) electrons. The van der Waals surface area contributed by atoms with E-state index in [9.17, 15) is 0 Å². The van der Waals surface area contributed by atoms with E-state index in [1.165, 1.54) is 0 Å². The summed E-state index contributed by atoms with van der Waals surface area (Å²) in [6.07, 6.45) is 0. The van der Waals surface area contributed by atoms with Gasteiger partial charge in [0.05, 0.1) is 6.61 Å². The highest BCUT2D eigenvalue weighted by molar-refractivity contribution is 7.34. The number of aliphatic hydroxyl groups excluding tert-OH is 1. The van der Waals surface area contributed by atoms with Crippen molar-refractivity contribution in [2.75, 3.05) is 26.6 Å². The van der Waals surface area contributed by atoms with Gasteiger partial charge in [-0.3, -0.25) is 5.09 Å².